The van der Waals surface area contributed by atoms with Crippen LogP contribution in [0.2, 0.25) is 0 Å². The van der Waals surface area contributed by atoms with Gasteiger partial charge < -0.3 is 14.2 Å². The first kappa shape index (κ1) is 19.7. The highest BCUT2D eigenvalue weighted by molar-refractivity contribution is 5.41. The third-order valence-electron chi connectivity index (χ3n) is 3.47. The zero-order valence-corrected chi connectivity index (χ0v) is 15.7. The summed E-state index contributed by atoms with van der Waals surface area (Å²) in [7, 11) is 4.94. The summed E-state index contributed by atoms with van der Waals surface area (Å²) in [5.41, 5.74) is 2.04. The molecule has 0 aliphatic rings. The summed E-state index contributed by atoms with van der Waals surface area (Å²) in [4.78, 5) is 8.35. The monoisotopic (exact) mass is 332 g/mol. The molecule has 0 bridgehead atoms. The topological polar surface area (TPSA) is 53.5 Å². The first-order valence-electron chi connectivity index (χ1n) is 8.01. The van der Waals surface area contributed by atoms with Crippen molar-refractivity contribution in [3.63, 3.8) is 0 Å². The van der Waals surface area contributed by atoms with Crippen molar-refractivity contribution in [1.82, 2.24) is 9.97 Å². The predicted molar refractivity (Wildman–Crippen MR) is 96.3 cm³/mol. The molecule has 0 unspecified atom stereocenters. The summed E-state index contributed by atoms with van der Waals surface area (Å²) >= 11 is 0. The van der Waals surface area contributed by atoms with E-state index in [1.165, 1.54) is 0 Å². The minimum absolute atomic E-state index is 0.346. The van der Waals surface area contributed by atoms with Crippen LogP contribution in [0.15, 0.2) is 30.6 Å². The van der Waals surface area contributed by atoms with Gasteiger partial charge in [-0.15, -0.1) is 0 Å². The first-order valence-corrected chi connectivity index (χ1v) is 8.01. The zero-order valence-electron chi connectivity index (χ0n) is 15.7. The van der Waals surface area contributed by atoms with Crippen LogP contribution in [0.3, 0.4) is 0 Å². The molecule has 0 atom stereocenters. The minimum atomic E-state index is 0.346. The number of ether oxygens (including phenoxy) is 3. The van der Waals surface area contributed by atoms with Crippen LogP contribution in [0.25, 0.3) is 0 Å². The van der Waals surface area contributed by atoms with Crippen molar-refractivity contribution in [1.29, 1.82) is 0 Å². The van der Waals surface area contributed by atoms with Crippen LogP contribution < -0.4 is 14.2 Å². The maximum Gasteiger partial charge on any atom is 0.220 e. The minimum Gasteiger partial charge on any atom is -0.496 e. The van der Waals surface area contributed by atoms with Gasteiger partial charge in [0.2, 0.25) is 5.88 Å². The van der Waals surface area contributed by atoms with Gasteiger partial charge in [-0.25, -0.2) is 4.98 Å². The number of methoxy groups -OCH3 is 3. The number of nitrogens with zero attached hydrogens (tertiary/aromatic N) is 2. The van der Waals surface area contributed by atoms with Crippen LogP contribution in [0.5, 0.6) is 17.4 Å². The Morgan fingerprint density at radius 1 is 0.750 bits per heavy atom. The van der Waals surface area contributed by atoms with Gasteiger partial charge in [0, 0.05) is 12.4 Å². The molecule has 0 saturated heterocycles. The second-order valence-electron chi connectivity index (χ2n) is 5.84. The molecule has 0 fully saturated rings. The lowest BCUT2D eigenvalue weighted by atomic mass is 10.0. The number of rotatable bonds is 5. The third-order valence-corrected chi connectivity index (χ3v) is 3.47. The lowest BCUT2D eigenvalue weighted by Crippen LogP contribution is -2.00. The van der Waals surface area contributed by atoms with Crippen LogP contribution in [0.1, 0.15) is 50.8 Å². The molecule has 2 heterocycles. The fraction of sp³-hybridized carbons (Fsp3) is 0.474. The number of hydrogen-bond acceptors (Lipinski definition) is 5. The SMILES string of the molecule is COc1cccnc1C(C)C.COc1ccnc(OC)c1C(C)C. The van der Waals surface area contributed by atoms with Crippen molar-refractivity contribution in [2.75, 3.05) is 21.3 Å². The summed E-state index contributed by atoms with van der Waals surface area (Å²) < 4.78 is 15.5. The summed E-state index contributed by atoms with van der Waals surface area (Å²) in [5.74, 6) is 3.13. The van der Waals surface area contributed by atoms with Crippen molar-refractivity contribution in [3.05, 3.63) is 41.9 Å². The second kappa shape index (κ2) is 9.75. The van der Waals surface area contributed by atoms with Crippen LogP contribution in [-0.4, -0.2) is 31.3 Å². The van der Waals surface area contributed by atoms with Gasteiger partial charge in [-0.3, -0.25) is 4.98 Å². The van der Waals surface area contributed by atoms with Crippen LogP contribution in [0.4, 0.5) is 0 Å². The Morgan fingerprint density at radius 2 is 1.42 bits per heavy atom. The maximum atomic E-state index is 5.23. The highest BCUT2D eigenvalue weighted by Gasteiger charge is 2.14. The lowest BCUT2D eigenvalue weighted by molar-refractivity contribution is 0.370. The van der Waals surface area contributed by atoms with Gasteiger partial charge in [0.25, 0.3) is 0 Å². The van der Waals surface area contributed by atoms with Crippen molar-refractivity contribution in [2.24, 2.45) is 0 Å². The molecule has 0 aliphatic carbocycles. The maximum absolute atomic E-state index is 5.23. The van der Waals surface area contributed by atoms with Gasteiger partial charge in [-0.05, 0) is 30.0 Å². The summed E-state index contributed by atoms with van der Waals surface area (Å²) in [5, 5.41) is 0. The highest BCUT2D eigenvalue weighted by Crippen LogP contribution is 2.32. The molecule has 2 aromatic rings. The smallest absolute Gasteiger partial charge is 0.220 e. The van der Waals surface area contributed by atoms with Gasteiger partial charge in [0.1, 0.15) is 11.5 Å². The van der Waals surface area contributed by atoms with Crippen molar-refractivity contribution >= 4 is 0 Å². The molecule has 0 aromatic carbocycles. The predicted octanol–water partition coefficient (Wildman–Crippen LogP) is 4.44. The Labute approximate surface area is 145 Å². The van der Waals surface area contributed by atoms with Crippen LogP contribution >= 0.6 is 0 Å². The Morgan fingerprint density at radius 3 is 1.88 bits per heavy atom. The molecule has 0 radical (unpaired) electrons. The van der Waals surface area contributed by atoms with Crippen molar-refractivity contribution < 1.29 is 14.2 Å². The van der Waals surface area contributed by atoms with E-state index < -0.39 is 0 Å². The second-order valence-corrected chi connectivity index (χ2v) is 5.84. The largest absolute Gasteiger partial charge is 0.496 e. The quantitative estimate of drug-likeness (QED) is 0.810. The first-order chi connectivity index (χ1) is 11.5. The van der Waals surface area contributed by atoms with Crippen molar-refractivity contribution in [2.45, 2.75) is 39.5 Å². The standard InChI is InChI=1S/C10H15NO2.C9H13NO/c1-7(2)9-8(12-3)5-6-11-10(9)13-4;1-7(2)9-8(11-3)5-4-6-10-9/h5-7H,1-4H3;4-7H,1-3H3. The number of hydrogen-bond donors (Lipinski definition) is 0. The normalized spacial score (nSPS) is 10.2. The molecule has 0 spiro atoms. The summed E-state index contributed by atoms with van der Waals surface area (Å²) in [6.07, 6.45) is 3.47. The molecule has 0 N–H and O–H groups in total. The van der Waals surface area contributed by atoms with E-state index in [2.05, 4.69) is 37.7 Å². The van der Waals surface area contributed by atoms with Gasteiger partial charge >= 0.3 is 0 Å². The molecule has 0 aliphatic heterocycles. The molecule has 0 amide bonds. The van der Waals surface area contributed by atoms with Gasteiger partial charge in [-0.2, -0.15) is 0 Å². The fourth-order valence-electron chi connectivity index (χ4n) is 2.32. The molecule has 5 heteroatoms. The number of pyridine rings is 2. The van der Waals surface area contributed by atoms with E-state index in [9.17, 15) is 0 Å². The van der Waals surface area contributed by atoms with E-state index in [4.69, 9.17) is 14.2 Å². The van der Waals surface area contributed by atoms with Gasteiger partial charge in [0.15, 0.2) is 0 Å². The van der Waals surface area contributed by atoms with E-state index in [-0.39, 0.29) is 0 Å². The van der Waals surface area contributed by atoms with E-state index in [1.54, 1.807) is 33.7 Å². The molecule has 132 valence electrons. The molecule has 24 heavy (non-hydrogen) atoms. The molecular weight excluding hydrogens is 304 g/mol. The van der Waals surface area contributed by atoms with Gasteiger partial charge in [0.05, 0.1) is 32.6 Å². The molecule has 2 aromatic heterocycles. The van der Waals surface area contributed by atoms with Crippen LogP contribution in [0, 0.1) is 0 Å². The fourth-order valence-corrected chi connectivity index (χ4v) is 2.32. The number of aromatic nitrogens is 2. The summed E-state index contributed by atoms with van der Waals surface area (Å²) in [6.45, 7) is 8.37. The zero-order chi connectivity index (χ0) is 18.1. The Kier molecular flexibility index (Phi) is 8.02. The van der Waals surface area contributed by atoms with E-state index >= 15 is 0 Å². The Hall–Kier alpha value is -2.30. The average Bonchev–Trinajstić information content (AvgIpc) is 2.61. The van der Waals surface area contributed by atoms with Crippen LogP contribution in [-0.2, 0) is 0 Å². The van der Waals surface area contributed by atoms with Crippen molar-refractivity contribution in [3.8, 4) is 17.4 Å². The Bertz CT molecular complexity index is 606. The summed E-state index contributed by atoms with van der Waals surface area (Å²) in [6, 6.07) is 5.66. The molecule has 0 saturated carbocycles. The highest BCUT2D eigenvalue weighted by atomic mass is 16.5. The van der Waals surface area contributed by atoms with E-state index in [0.29, 0.717) is 17.7 Å². The molecular formula is C19H28N2O3. The average molecular weight is 332 g/mol. The van der Waals surface area contributed by atoms with E-state index in [0.717, 1.165) is 22.8 Å². The molecule has 2 rings (SSSR count). The lowest BCUT2D eigenvalue weighted by Gasteiger charge is -2.13. The van der Waals surface area contributed by atoms with E-state index in [1.807, 2.05) is 18.2 Å². The van der Waals surface area contributed by atoms with Gasteiger partial charge in [-0.1, -0.05) is 27.7 Å². The molecule has 5 nitrogen and oxygen atoms in total. The third kappa shape index (κ3) is 5.11. The Balaban J connectivity index is 0.000000243.